The van der Waals surface area contributed by atoms with Crippen molar-refractivity contribution in [2.45, 2.75) is 62.8 Å². The predicted molar refractivity (Wildman–Crippen MR) is 147 cm³/mol. The van der Waals surface area contributed by atoms with Gasteiger partial charge < -0.3 is 19.3 Å². The van der Waals surface area contributed by atoms with Crippen molar-refractivity contribution < 1.29 is 17.4 Å². The topological polar surface area (TPSA) is 79.0 Å². The summed E-state index contributed by atoms with van der Waals surface area (Å²) in [5, 5.41) is 3.77. The Morgan fingerprint density at radius 3 is 2.65 bits per heavy atom. The molecule has 1 N–H and O–H groups in total. The van der Waals surface area contributed by atoms with Crippen molar-refractivity contribution in [3.63, 3.8) is 0 Å². The molecule has 2 aromatic rings. The van der Waals surface area contributed by atoms with Crippen molar-refractivity contribution in [1.82, 2.24) is 15.1 Å². The number of aryl methyl sites for hydroxylation is 1. The molecule has 1 amide bonds. The third-order valence-electron chi connectivity index (χ3n) is 7.27. The number of hydrogen-bond acceptors (Lipinski definition) is 6. The maximum absolute atomic E-state index is 12.7. The van der Waals surface area contributed by atoms with Gasteiger partial charge in [0.05, 0.1) is 0 Å². The number of hydrogen-bond donors (Lipinski definition) is 1. The van der Waals surface area contributed by atoms with Crippen LogP contribution in [-0.2, 0) is 27.8 Å². The van der Waals surface area contributed by atoms with Crippen molar-refractivity contribution in [3.05, 3.63) is 58.6 Å². The van der Waals surface area contributed by atoms with Gasteiger partial charge in [-0.15, -0.1) is 0 Å². The minimum atomic E-state index is -3.93. The van der Waals surface area contributed by atoms with Crippen LogP contribution in [0.15, 0.2) is 47.4 Å². The Morgan fingerprint density at radius 2 is 1.86 bits per heavy atom. The lowest BCUT2D eigenvalue weighted by molar-refractivity contribution is -0.130. The first-order valence-electron chi connectivity index (χ1n) is 13.4. The Labute approximate surface area is 226 Å². The molecule has 1 aliphatic carbocycles. The third kappa shape index (κ3) is 7.69. The van der Waals surface area contributed by atoms with Gasteiger partial charge in [-0.05, 0) is 99.1 Å². The highest BCUT2D eigenvalue weighted by atomic mass is 35.5. The van der Waals surface area contributed by atoms with E-state index < -0.39 is 10.1 Å². The van der Waals surface area contributed by atoms with Crippen LogP contribution in [0.1, 0.15) is 50.2 Å². The smallest absolute Gasteiger partial charge is 0.339 e. The lowest BCUT2D eigenvalue weighted by Gasteiger charge is -2.35. The van der Waals surface area contributed by atoms with Crippen LogP contribution in [0.25, 0.3) is 0 Å². The molecular formula is C28H38ClN3O4S. The fourth-order valence-electron chi connectivity index (χ4n) is 5.29. The van der Waals surface area contributed by atoms with E-state index in [1.165, 1.54) is 17.7 Å². The maximum Gasteiger partial charge on any atom is 0.339 e. The Bertz CT molecular complexity index is 1160. The Morgan fingerprint density at radius 1 is 1.05 bits per heavy atom. The van der Waals surface area contributed by atoms with Gasteiger partial charge in [0.25, 0.3) is 0 Å². The second-order valence-electron chi connectivity index (χ2n) is 9.94. The van der Waals surface area contributed by atoms with E-state index in [-0.39, 0.29) is 10.8 Å². The first kappa shape index (κ1) is 27.9. The first-order chi connectivity index (χ1) is 17.9. The van der Waals surface area contributed by atoms with Crippen LogP contribution < -0.4 is 9.50 Å². The van der Waals surface area contributed by atoms with Crippen LogP contribution in [-0.4, -0.2) is 69.4 Å². The number of amides is 1. The Kier molecular flexibility index (Phi) is 9.87. The summed E-state index contributed by atoms with van der Waals surface area (Å²) in [6.45, 7) is 7.54. The summed E-state index contributed by atoms with van der Waals surface area (Å²) in [6, 6.07) is 12.0. The largest absolute Gasteiger partial charge is 0.379 e. The second-order valence-corrected chi connectivity index (χ2v) is 11.9. The molecule has 2 aromatic carbocycles. The molecule has 0 radical (unpaired) electrons. The molecule has 1 saturated heterocycles. The summed E-state index contributed by atoms with van der Waals surface area (Å²) in [7, 11) is -3.93. The monoisotopic (exact) mass is 547 g/mol. The summed E-state index contributed by atoms with van der Waals surface area (Å²) in [4.78, 5) is 16.9. The standard InChI is InChI=1S/C28H38ClN3O4S/c1-2-16-31(17-3-4-18-32-19-15-30-14-13-28(32)33)25-9-5-22-6-10-26(21-23(22)20-25)36-37(34,35)27-11-7-24(29)8-12-27/h6-8,10-12,21,25,30H,2-5,9,13-20H2,1H3. The quantitative estimate of drug-likeness (QED) is 0.334. The number of unbranched alkanes of at least 4 members (excludes halogenated alkanes) is 1. The third-order valence-corrected chi connectivity index (χ3v) is 8.78. The number of rotatable bonds is 11. The molecule has 1 heterocycles. The second kappa shape index (κ2) is 13.1. The minimum absolute atomic E-state index is 0.0831. The molecule has 9 heteroatoms. The van der Waals surface area contributed by atoms with E-state index >= 15 is 0 Å². The number of nitrogens with one attached hydrogen (secondary N) is 1. The molecule has 4 rings (SSSR count). The lowest BCUT2D eigenvalue weighted by atomic mass is 9.87. The SMILES string of the molecule is CCCN(CCCCN1CCNCCC1=O)C1CCc2ccc(OS(=O)(=O)c3ccc(Cl)cc3)cc2C1. The number of carbonyl (C=O) groups excluding carboxylic acids is 1. The van der Waals surface area contributed by atoms with Crippen molar-refractivity contribution in [2.75, 3.05) is 39.3 Å². The van der Waals surface area contributed by atoms with E-state index in [0.717, 1.165) is 83.4 Å². The zero-order valence-electron chi connectivity index (χ0n) is 21.6. The van der Waals surface area contributed by atoms with Gasteiger partial charge in [0.2, 0.25) is 5.91 Å². The molecule has 2 aliphatic rings. The van der Waals surface area contributed by atoms with E-state index in [1.807, 2.05) is 17.0 Å². The van der Waals surface area contributed by atoms with Crippen molar-refractivity contribution >= 4 is 27.6 Å². The fraction of sp³-hybridized carbons (Fsp3) is 0.536. The van der Waals surface area contributed by atoms with E-state index in [4.69, 9.17) is 15.8 Å². The van der Waals surface area contributed by atoms with Crippen LogP contribution in [0.3, 0.4) is 0 Å². The van der Waals surface area contributed by atoms with Gasteiger partial charge in [-0.25, -0.2) is 0 Å². The van der Waals surface area contributed by atoms with E-state index in [9.17, 15) is 13.2 Å². The van der Waals surface area contributed by atoms with Gasteiger partial charge in [-0.1, -0.05) is 24.6 Å². The fourth-order valence-corrected chi connectivity index (χ4v) is 6.34. The van der Waals surface area contributed by atoms with Crippen molar-refractivity contribution in [1.29, 1.82) is 0 Å². The summed E-state index contributed by atoms with van der Waals surface area (Å²) in [5.41, 5.74) is 2.42. The highest BCUT2D eigenvalue weighted by Gasteiger charge is 2.25. The van der Waals surface area contributed by atoms with Gasteiger partial charge in [-0.2, -0.15) is 8.42 Å². The van der Waals surface area contributed by atoms with Crippen molar-refractivity contribution in [2.24, 2.45) is 0 Å². The molecule has 1 fully saturated rings. The molecule has 0 saturated carbocycles. The number of carbonyl (C=O) groups is 1. The van der Waals surface area contributed by atoms with Crippen LogP contribution in [0.2, 0.25) is 5.02 Å². The summed E-state index contributed by atoms with van der Waals surface area (Å²) >= 11 is 5.89. The van der Waals surface area contributed by atoms with Gasteiger partial charge in [0.1, 0.15) is 10.6 Å². The molecule has 37 heavy (non-hydrogen) atoms. The molecule has 1 aliphatic heterocycles. The molecule has 0 aromatic heterocycles. The average Bonchev–Trinajstić information content (AvgIpc) is 3.09. The van der Waals surface area contributed by atoms with E-state index in [2.05, 4.69) is 17.1 Å². The van der Waals surface area contributed by atoms with Crippen molar-refractivity contribution in [3.8, 4) is 5.75 Å². The van der Waals surface area contributed by atoms with Crippen LogP contribution in [0.4, 0.5) is 0 Å². The molecule has 202 valence electrons. The van der Waals surface area contributed by atoms with E-state index in [1.54, 1.807) is 18.2 Å². The number of nitrogens with zero attached hydrogens (tertiary/aromatic N) is 2. The van der Waals surface area contributed by atoms with Gasteiger partial charge in [-0.3, -0.25) is 4.79 Å². The molecular weight excluding hydrogens is 510 g/mol. The van der Waals surface area contributed by atoms with Crippen LogP contribution >= 0.6 is 11.6 Å². The number of benzene rings is 2. The molecule has 0 spiro atoms. The molecule has 1 unspecified atom stereocenters. The van der Waals surface area contributed by atoms with Gasteiger partial charge in [0.15, 0.2) is 0 Å². The average molecular weight is 548 g/mol. The van der Waals surface area contributed by atoms with Gasteiger partial charge in [0, 0.05) is 43.7 Å². The molecule has 1 atom stereocenters. The zero-order chi connectivity index (χ0) is 26.3. The Balaban J connectivity index is 1.35. The predicted octanol–water partition coefficient (Wildman–Crippen LogP) is 4.28. The van der Waals surface area contributed by atoms with E-state index in [0.29, 0.717) is 23.2 Å². The molecule has 7 nitrogen and oxygen atoms in total. The lowest BCUT2D eigenvalue weighted by Crippen LogP contribution is -2.41. The van der Waals surface area contributed by atoms with Gasteiger partial charge >= 0.3 is 10.1 Å². The summed E-state index contributed by atoms with van der Waals surface area (Å²) in [5.74, 6) is 0.600. The zero-order valence-corrected chi connectivity index (χ0v) is 23.2. The highest BCUT2D eigenvalue weighted by Crippen LogP contribution is 2.30. The first-order valence-corrected chi connectivity index (χ1v) is 15.2. The summed E-state index contributed by atoms with van der Waals surface area (Å²) < 4.78 is 30.9. The van der Waals surface area contributed by atoms with Crippen LogP contribution in [0, 0.1) is 0 Å². The molecule has 0 bridgehead atoms. The number of halogens is 1. The summed E-state index contributed by atoms with van der Waals surface area (Å²) in [6.07, 6.45) is 6.69. The number of fused-ring (bicyclic) bond motifs is 1. The highest BCUT2D eigenvalue weighted by molar-refractivity contribution is 7.87. The normalized spacial score (nSPS) is 18.5. The van der Waals surface area contributed by atoms with Crippen LogP contribution in [0.5, 0.6) is 5.75 Å². The maximum atomic E-state index is 12.7. The minimum Gasteiger partial charge on any atom is -0.379 e. The Hall–Kier alpha value is -2.13.